The number of halogens is 1. The standard InChI is InChI=1S/C10H14FNO2S/c1-7(2)8-5-4-6-9(10(8)11)12-15(3,13)14/h4-7,12H,1-3H3. The first-order chi connectivity index (χ1) is 6.81. The van der Waals surface area contributed by atoms with Gasteiger partial charge in [-0.2, -0.15) is 0 Å². The van der Waals surface area contributed by atoms with E-state index in [0.717, 1.165) is 6.26 Å². The van der Waals surface area contributed by atoms with Crippen molar-refractivity contribution in [2.45, 2.75) is 19.8 Å². The van der Waals surface area contributed by atoms with Crippen LogP contribution in [0.4, 0.5) is 10.1 Å². The van der Waals surface area contributed by atoms with Crippen LogP contribution >= 0.6 is 0 Å². The van der Waals surface area contributed by atoms with Crippen molar-refractivity contribution in [1.82, 2.24) is 0 Å². The zero-order chi connectivity index (χ0) is 11.6. The molecule has 3 nitrogen and oxygen atoms in total. The van der Waals surface area contributed by atoms with E-state index in [-0.39, 0.29) is 11.6 Å². The minimum atomic E-state index is -3.43. The molecule has 1 rings (SSSR count). The third-order valence-electron chi connectivity index (χ3n) is 1.95. The second-order valence-electron chi connectivity index (χ2n) is 3.74. The van der Waals surface area contributed by atoms with Crippen molar-refractivity contribution in [2.75, 3.05) is 11.0 Å². The molecular formula is C10H14FNO2S. The SMILES string of the molecule is CC(C)c1cccc(NS(C)(=O)=O)c1F. The number of nitrogens with one attached hydrogen (secondary N) is 1. The Morgan fingerprint density at radius 1 is 1.33 bits per heavy atom. The molecule has 0 saturated carbocycles. The molecule has 0 heterocycles. The van der Waals surface area contributed by atoms with Crippen LogP contribution in [0.1, 0.15) is 25.3 Å². The molecule has 0 saturated heterocycles. The minimum absolute atomic E-state index is 0.00343. The summed E-state index contributed by atoms with van der Waals surface area (Å²) in [6.07, 6.45) is 0.995. The fourth-order valence-electron chi connectivity index (χ4n) is 1.27. The molecule has 0 aromatic heterocycles. The predicted molar refractivity (Wildman–Crippen MR) is 59.0 cm³/mol. The second-order valence-corrected chi connectivity index (χ2v) is 5.49. The summed E-state index contributed by atoms with van der Waals surface area (Å²) in [4.78, 5) is 0. The minimum Gasteiger partial charge on any atom is -0.281 e. The van der Waals surface area contributed by atoms with Crippen molar-refractivity contribution in [3.05, 3.63) is 29.6 Å². The zero-order valence-electron chi connectivity index (χ0n) is 8.91. The van der Waals surface area contributed by atoms with E-state index in [4.69, 9.17) is 0 Å². The van der Waals surface area contributed by atoms with Crippen molar-refractivity contribution in [3.8, 4) is 0 Å². The van der Waals surface area contributed by atoms with Crippen LogP contribution in [0, 0.1) is 5.82 Å². The molecule has 84 valence electrons. The third kappa shape index (κ3) is 3.20. The van der Waals surface area contributed by atoms with Crippen molar-refractivity contribution in [2.24, 2.45) is 0 Å². The van der Waals surface area contributed by atoms with Crippen LogP contribution < -0.4 is 4.72 Å². The first-order valence-corrected chi connectivity index (χ1v) is 6.46. The maximum Gasteiger partial charge on any atom is 0.229 e. The molecule has 0 aliphatic rings. The van der Waals surface area contributed by atoms with E-state index < -0.39 is 15.8 Å². The monoisotopic (exact) mass is 231 g/mol. The lowest BCUT2D eigenvalue weighted by Gasteiger charge is -2.11. The average molecular weight is 231 g/mol. The summed E-state index contributed by atoms with van der Waals surface area (Å²) in [6.45, 7) is 3.70. The molecule has 1 aromatic carbocycles. The number of hydrogen-bond acceptors (Lipinski definition) is 2. The van der Waals surface area contributed by atoms with Gasteiger partial charge in [-0.05, 0) is 17.5 Å². The third-order valence-corrected chi connectivity index (χ3v) is 2.54. The highest BCUT2D eigenvalue weighted by atomic mass is 32.2. The lowest BCUT2D eigenvalue weighted by molar-refractivity contribution is 0.595. The Hall–Kier alpha value is -1.10. The zero-order valence-corrected chi connectivity index (χ0v) is 9.73. The van der Waals surface area contributed by atoms with E-state index in [2.05, 4.69) is 4.72 Å². The molecule has 0 spiro atoms. The van der Waals surface area contributed by atoms with E-state index >= 15 is 0 Å². The Balaban J connectivity index is 3.16. The highest BCUT2D eigenvalue weighted by Gasteiger charge is 2.12. The molecule has 0 unspecified atom stereocenters. The Morgan fingerprint density at radius 3 is 2.40 bits per heavy atom. The molecule has 0 bridgehead atoms. The van der Waals surface area contributed by atoms with Gasteiger partial charge in [0.05, 0.1) is 11.9 Å². The topological polar surface area (TPSA) is 46.2 Å². The van der Waals surface area contributed by atoms with E-state index in [0.29, 0.717) is 5.56 Å². The van der Waals surface area contributed by atoms with Gasteiger partial charge in [-0.25, -0.2) is 12.8 Å². The van der Waals surface area contributed by atoms with Crippen molar-refractivity contribution >= 4 is 15.7 Å². The average Bonchev–Trinajstić information content (AvgIpc) is 2.05. The molecular weight excluding hydrogens is 217 g/mol. The Kier molecular flexibility index (Phi) is 3.34. The van der Waals surface area contributed by atoms with Gasteiger partial charge < -0.3 is 0 Å². The molecule has 15 heavy (non-hydrogen) atoms. The first-order valence-electron chi connectivity index (χ1n) is 4.57. The van der Waals surface area contributed by atoms with Crippen LogP contribution in [0.2, 0.25) is 0 Å². The van der Waals surface area contributed by atoms with Crippen LogP contribution in [0.3, 0.4) is 0 Å². The maximum absolute atomic E-state index is 13.7. The molecule has 0 aliphatic carbocycles. The van der Waals surface area contributed by atoms with E-state index in [1.54, 1.807) is 12.1 Å². The number of hydrogen-bond donors (Lipinski definition) is 1. The molecule has 1 N–H and O–H groups in total. The van der Waals surface area contributed by atoms with E-state index in [1.807, 2.05) is 13.8 Å². The van der Waals surface area contributed by atoms with Crippen LogP contribution in [0.25, 0.3) is 0 Å². The van der Waals surface area contributed by atoms with Gasteiger partial charge in [0.25, 0.3) is 0 Å². The van der Waals surface area contributed by atoms with E-state index in [1.165, 1.54) is 6.07 Å². The maximum atomic E-state index is 13.7. The van der Waals surface area contributed by atoms with Gasteiger partial charge in [-0.1, -0.05) is 26.0 Å². The summed E-state index contributed by atoms with van der Waals surface area (Å²) in [5.41, 5.74) is 0.507. The van der Waals surface area contributed by atoms with Gasteiger partial charge in [0, 0.05) is 0 Å². The smallest absolute Gasteiger partial charge is 0.229 e. The summed E-state index contributed by atoms with van der Waals surface area (Å²) >= 11 is 0. The summed E-state index contributed by atoms with van der Waals surface area (Å²) in [7, 11) is -3.43. The molecule has 0 amide bonds. The van der Waals surface area contributed by atoms with E-state index in [9.17, 15) is 12.8 Å². The lowest BCUT2D eigenvalue weighted by atomic mass is 10.0. The highest BCUT2D eigenvalue weighted by molar-refractivity contribution is 7.92. The number of rotatable bonds is 3. The summed E-state index contributed by atoms with van der Waals surface area (Å²) < 4.78 is 37.8. The van der Waals surface area contributed by atoms with Gasteiger partial charge in [0.15, 0.2) is 5.82 Å². The fourth-order valence-corrected chi connectivity index (χ4v) is 1.83. The number of anilines is 1. The molecule has 0 atom stereocenters. The lowest BCUT2D eigenvalue weighted by Crippen LogP contribution is -2.11. The molecule has 5 heteroatoms. The van der Waals surface area contributed by atoms with Crippen LogP contribution in [-0.4, -0.2) is 14.7 Å². The molecule has 0 radical (unpaired) electrons. The summed E-state index contributed by atoms with van der Waals surface area (Å²) in [5.74, 6) is -0.482. The van der Waals surface area contributed by atoms with Crippen molar-refractivity contribution in [1.29, 1.82) is 0 Å². The van der Waals surface area contributed by atoms with Crippen LogP contribution in [-0.2, 0) is 10.0 Å². The van der Waals surface area contributed by atoms with Gasteiger partial charge in [0.1, 0.15) is 0 Å². The summed E-state index contributed by atoms with van der Waals surface area (Å²) in [5, 5.41) is 0. The van der Waals surface area contributed by atoms with Gasteiger partial charge >= 0.3 is 0 Å². The van der Waals surface area contributed by atoms with Gasteiger partial charge in [-0.15, -0.1) is 0 Å². The number of sulfonamides is 1. The Morgan fingerprint density at radius 2 is 1.93 bits per heavy atom. The molecule has 0 aliphatic heterocycles. The first kappa shape index (κ1) is 12.0. The van der Waals surface area contributed by atoms with Crippen LogP contribution in [0.5, 0.6) is 0 Å². The second kappa shape index (κ2) is 4.18. The van der Waals surface area contributed by atoms with Crippen molar-refractivity contribution in [3.63, 3.8) is 0 Å². The van der Waals surface area contributed by atoms with Crippen molar-refractivity contribution < 1.29 is 12.8 Å². The van der Waals surface area contributed by atoms with Crippen LogP contribution in [0.15, 0.2) is 18.2 Å². The normalized spacial score (nSPS) is 11.8. The fraction of sp³-hybridized carbons (Fsp3) is 0.400. The number of benzene rings is 1. The molecule has 1 aromatic rings. The Bertz CT molecular complexity index is 454. The Labute approximate surface area is 89.4 Å². The van der Waals surface area contributed by atoms with Gasteiger partial charge in [-0.3, -0.25) is 4.72 Å². The summed E-state index contributed by atoms with van der Waals surface area (Å²) in [6, 6.07) is 4.68. The predicted octanol–water partition coefficient (Wildman–Crippen LogP) is 2.32. The molecule has 0 fully saturated rings. The van der Waals surface area contributed by atoms with Gasteiger partial charge in [0.2, 0.25) is 10.0 Å². The largest absolute Gasteiger partial charge is 0.281 e. The quantitative estimate of drug-likeness (QED) is 0.867. The highest BCUT2D eigenvalue weighted by Crippen LogP contribution is 2.24.